The summed E-state index contributed by atoms with van der Waals surface area (Å²) in [6.45, 7) is 6.88. The van der Waals surface area contributed by atoms with Crippen LogP contribution in [0, 0.1) is 19.8 Å². The largest absolute Gasteiger partial charge is 0.336 e. The summed E-state index contributed by atoms with van der Waals surface area (Å²) in [4.78, 5) is 2.89. The number of nitrogens with zero attached hydrogens (tertiary/aromatic N) is 1. The van der Waals surface area contributed by atoms with E-state index in [9.17, 15) is 0 Å². The molecule has 0 radical (unpaired) electrons. The molecule has 0 bridgehead atoms. The lowest BCUT2D eigenvalue weighted by atomic mass is 9.87. The maximum absolute atomic E-state index is 2.67. The number of aryl methyl sites for hydroxylation is 2. The molecule has 0 spiro atoms. The first-order chi connectivity index (χ1) is 9.63. The van der Waals surface area contributed by atoms with Crippen LogP contribution in [0.3, 0.4) is 0 Å². The van der Waals surface area contributed by atoms with E-state index < -0.39 is 0 Å². The molecule has 0 atom stereocenters. The molecule has 1 saturated carbocycles. The molecule has 3 heterocycles. The molecule has 0 aliphatic heterocycles. The van der Waals surface area contributed by atoms with Crippen molar-refractivity contribution in [1.29, 1.82) is 0 Å². The average Bonchev–Trinajstić information content (AvgIpc) is 3.01. The first kappa shape index (κ1) is 12.9. The Hall–Kier alpha value is -0.800. The van der Waals surface area contributed by atoms with Crippen LogP contribution in [-0.4, -0.2) is 4.57 Å². The molecule has 0 unspecified atom stereocenters. The standard InChI is InChI=1S/C17H21NS2/c1-10-4-6-13(7-5-10)18-14-8-11(2)19-16(14)17-15(18)9-12(3)20-17/h8-10,13H,4-7H2,1-3H3. The minimum atomic E-state index is 0.717. The first-order valence-corrected chi connectivity index (χ1v) is 9.27. The molecule has 3 aromatic rings. The Bertz CT molecular complexity index is 712. The Morgan fingerprint density at radius 2 is 1.40 bits per heavy atom. The topological polar surface area (TPSA) is 4.93 Å². The van der Waals surface area contributed by atoms with E-state index in [1.165, 1.54) is 55.9 Å². The van der Waals surface area contributed by atoms with Crippen molar-refractivity contribution in [1.82, 2.24) is 4.57 Å². The van der Waals surface area contributed by atoms with E-state index in [1.54, 1.807) is 0 Å². The molecule has 0 N–H and O–H groups in total. The zero-order chi connectivity index (χ0) is 13.9. The predicted octanol–water partition coefficient (Wildman–Crippen LogP) is 6.29. The quantitative estimate of drug-likeness (QED) is 0.498. The van der Waals surface area contributed by atoms with Gasteiger partial charge in [0.1, 0.15) is 0 Å². The van der Waals surface area contributed by atoms with Gasteiger partial charge in [-0.05, 0) is 57.6 Å². The number of hydrogen-bond acceptors (Lipinski definition) is 2. The molecule has 1 fully saturated rings. The Labute approximate surface area is 128 Å². The van der Waals surface area contributed by atoms with Crippen molar-refractivity contribution in [3.8, 4) is 0 Å². The Morgan fingerprint density at radius 3 is 1.90 bits per heavy atom. The Morgan fingerprint density at radius 1 is 0.900 bits per heavy atom. The Kier molecular flexibility index (Phi) is 2.97. The number of rotatable bonds is 1. The number of fused-ring (bicyclic) bond motifs is 3. The van der Waals surface area contributed by atoms with E-state index in [0.29, 0.717) is 6.04 Å². The van der Waals surface area contributed by atoms with Crippen molar-refractivity contribution >= 4 is 43.1 Å². The normalized spacial score (nSPS) is 23.9. The molecule has 0 aromatic carbocycles. The van der Waals surface area contributed by atoms with E-state index >= 15 is 0 Å². The maximum Gasteiger partial charge on any atom is 0.0703 e. The monoisotopic (exact) mass is 303 g/mol. The van der Waals surface area contributed by atoms with E-state index in [0.717, 1.165) is 5.92 Å². The second-order valence-corrected chi connectivity index (χ2v) is 8.94. The van der Waals surface area contributed by atoms with Crippen LogP contribution in [0.15, 0.2) is 12.1 Å². The van der Waals surface area contributed by atoms with Crippen molar-refractivity contribution in [2.75, 3.05) is 0 Å². The first-order valence-electron chi connectivity index (χ1n) is 7.64. The van der Waals surface area contributed by atoms with Crippen LogP contribution in [0.1, 0.15) is 48.4 Å². The van der Waals surface area contributed by atoms with E-state index in [2.05, 4.69) is 37.5 Å². The van der Waals surface area contributed by atoms with Gasteiger partial charge in [0.05, 0.1) is 20.4 Å². The molecule has 0 saturated heterocycles. The van der Waals surface area contributed by atoms with Gasteiger partial charge in [-0.25, -0.2) is 0 Å². The zero-order valence-electron chi connectivity index (χ0n) is 12.4. The lowest BCUT2D eigenvalue weighted by molar-refractivity contribution is 0.298. The SMILES string of the molecule is Cc1cc2c(s1)c1sc(C)cc1n2C1CCC(C)CC1. The smallest absolute Gasteiger partial charge is 0.0703 e. The van der Waals surface area contributed by atoms with Crippen LogP contribution < -0.4 is 0 Å². The molecular weight excluding hydrogens is 282 g/mol. The van der Waals surface area contributed by atoms with Crippen molar-refractivity contribution in [2.45, 2.75) is 52.5 Å². The van der Waals surface area contributed by atoms with Gasteiger partial charge in [0.2, 0.25) is 0 Å². The number of thiophene rings is 2. The van der Waals surface area contributed by atoms with Crippen LogP contribution in [0.5, 0.6) is 0 Å². The van der Waals surface area contributed by atoms with Gasteiger partial charge in [0.25, 0.3) is 0 Å². The lowest BCUT2D eigenvalue weighted by Crippen LogP contribution is -2.16. The maximum atomic E-state index is 2.67. The predicted molar refractivity (Wildman–Crippen MR) is 91.3 cm³/mol. The van der Waals surface area contributed by atoms with Gasteiger partial charge < -0.3 is 4.57 Å². The highest BCUT2D eigenvalue weighted by atomic mass is 32.1. The number of aromatic nitrogens is 1. The molecule has 0 amide bonds. The molecule has 106 valence electrons. The minimum Gasteiger partial charge on any atom is -0.336 e. The Balaban J connectivity index is 1.93. The van der Waals surface area contributed by atoms with Crippen LogP contribution >= 0.6 is 22.7 Å². The molecule has 4 rings (SSSR count). The van der Waals surface area contributed by atoms with Crippen molar-refractivity contribution in [3.05, 3.63) is 21.9 Å². The molecule has 3 heteroatoms. The minimum absolute atomic E-state index is 0.717. The van der Waals surface area contributed by atoms with Crippen molar-refractivity contribution in [2.24, 2.45) is 5.92 Å². The second-order valence-electron chi connectivity index (χ2n) is 6.43. The van der Waals surface area contributed by atoms with Gasteiger partial charge in [0.15, 0.2) is 0 Å². The van der Waals surface area contributed by atoms with Gasteiger partial charge in [-0.3, -0.25) is 0 Å². The van der Waals surface area contributed by atoms with Gasteiger partial charge in [-0.1, -0.05) is 6.92 Å². The van der Waals surface area contributed by atoms with Crippen LogP contribution in [0.2, 0.25) is 0 Å². The molecule has 1 aliphatic carbocycles. The molecule has 1 aliphatic rings. The summed E-state index contributed by atoms with van der Waals surface area (Å²) >= 11 is 3.94. The fourth-order valence-corrected chi connectivity index (χ4v) is 5.86. The van der Waals surface area contributed by atoms with E-state index in [4.69, 9.17) is 0 Å². The highest BCUT2D eigenvalue weighted by molar-refractivity contribution is 7.27. The summed E-state index contributed by atoms with van der Waals surface area (Å²) in [6.07, 6.45) is 5.48. The molecule has 1 nitrogen and oxygen atoms in total. The fraction of sp³-hybridized carbons (Fsp3) is 0.529. The van der Waals surface area contributed by atoms with Gasteiger partial charge in [-0.15, -0.1) is 22.7 Å². The summed E-state index contributed by atoms with van der Waals surface area (Å²) in [6, 6.07) is 5.52. The number of hydrogen-bond donors (Lipinski definition) is 0. The molecular formula is C17H21NS2. The summed E-state index contributed by atoms with van der Waals surface area (Å²) in [7, 11) is 0. The van der Waals surface area contributed by atoms with Crippen molar-refractivity contribution < 1.29 is 0 Å². The van der Waals surface area contributed by atoms with E-state index in [1.807, 2.05) is 22.7 Å². The van der Waals surface area contributed by atoms with E-state index in [-0.39, 0.29) is 0 Å². The van der Waals surface area contributed by atoms with Crippen LogP contribution in [0.25, 0.3) is 20.4 Å². The lowest BCUT2D eigenvalue weighted by Gasteiger charge is -2.28. The third-order valence-electron chi connectivity index (χ3n) is 4.75. The third kappa shape index (κ3) is 1.86. The molecule has 20 heavy (non-hydrogen) atoms. The summed E-state index contributed by atoms with van der Waals surface area (Å²) < 4.78 is 5.72. The van der Waals surface area contributed by atoms with Gasteiger partial charge in [-0.2, -0.15) is 0 Å². The van der Waals surface area contributed by atoms with Crippen LogP contribution in [-0.2, 0) is 0 Å². The highest BCUT2D eigenvalue weighted by Crippen LogP contribution is 2.44. The summed E-state index contributed by atoms with van der Waals surface area (Å²) in [5.74, 6) is 0.918. The highest BCUT2D eigenvalue weighted by Gasteiger charge is 2.24. The second kappa shape index (κ2) is 4.60. The third-order valence-corrected chi connectivity index (χ3v) is 6.99. The summed E-state index contributed by atoms with van der Waals surface area (Å²) in [5, 5.41) is 0. The van der Waals surface area contributed by atoms with Gasteiger partial charge >= 0.3 is 0 Å². The zero-order valence-corrected chi connectivity index (χ0v) is 14.0. The fourth-order valence-electron chi connectivity index (χ4n) is 3.71. The van der Waals surface area contributed by atoms with Crippen LogP contribution in [0.4, 0.5) is 0 Å². The van der Waals surface area contributed by atoms with Gasteiger partial charge in [0, 0.05) is 15.8 Å². The van der Waals surface area contributed by atoms with Crippen molar-refractivity contribution in [3.63, 3.8) is 0 Å². The summed E-state index contributed by atoms with van der Waals surface area (Å²) in [5.41, 5.74) is 2.99. The molecule has 3 aromatic heterocycles. The average molecular weight is 303 g/mol.